The van der Waals surface area contributed by atoms with E-state index in [2.05, 4.69) is 4.98 Å². The summed E-state index contributed by atoms with van der Waals surface area (Å²) in [6, 6.07) is 16.0. The average Bonchev–Trinajstić information content (AvgIpc) is 3.29. The van der Waals surface area contributed by atoms with Gasteiger partial charge in [0.2, 0.25) is 0 Å². The Bertz CT molecular complexity index is 1390. The summed E-state index contributed by atoms with van der Waals surface area (Å²) in [6.45, 7) is 0. The zero-order valence-electron chi connectivity index (χ0n) is 17.5. The van der Waals surface area contributed by atoms with Crippen LogP contribution < -0.4 is 14.9 Å². The Labute approximate surface area is 187 Å². The highest BCUT2D eigenvalue weighted by atomic mass is 32.1. The molecule has 0 aliphatic carbocycles. The molecule has 2 heterocycles. The SMILES string of the molecule is COc1cccc(Cc2c(/C=C/c3ccc([N+](=O)[O-])s3)[nH]c3c(OC)cccc3c2=O)c1. The van der Waals surface area contributed by atoms with E-state index in [9.17, 15) is 14.9 Å². The second-order valence-corrected chi connectivity index (χ2v) is 8.12. The van der Waals surface area contributed by atoms with E-state index >= 15 is 0 Å². The summed E-state index contributed by atoms with van der Waals surface area (Å²) in [5, 5.41) is 11.6. The molecule has 0 saturated heterocycles. The van der Waals surface area contributed by atoms with Crippen molar-refractivity contribution in [2.75, 3.05) is 14.2 Å². The fourth-order valence-electron chi connectivity index (χ4n) is 3.51. The first-order chi connectivity index (χ1) is 15.5. The van der Waals surface area contributed by atoms with E-state index in [1.807, 2.05) is 24.3 Å². The van der Waals surface area contributed by atoms with Crippen LogP contribution in [0.3, 0.4) is 0 Å². The number of pyridine rings is 1. The summed E-state index contributed by atoms with van der Waals surface area (Å²) < 4.78 is 10.7. The van der Waals surface area contributed by atoms with Crippen molar-refractivity contribution in [3.63, 3.8) is 0 Å². The molecule has 4 rings (SSSR count). The van der Waals surface area contributed by atoms with Crippen LogP contribution >= 0.6 is 11.3 Å². The Morgan fingerprint density at radius 2 is 1.88 bits per heavy atom. The van der Waals surface area contributed by atoms with Gasteiger partial charge in [-0.15, -0.1) is 0 Å². The van der Waals surface area contributed by atoms with E-state index in [0.717, 1.165) is 16.9 Å². The Morgan fingerprint density at radius 3 is 2.59 bits per heavy atom. The molecule has 32 heavy (non-hydrogen) atoms. The molecule has 4 aromatic rings. The molecule has 0 spiro atoms. The third-order valence-corrected chi connectivity index (χ3v) is 6.07. The Kier molecular flexibility index (Phi) is 6.04. The van der Waals surface area contributed by atoms with Gasteiger partial charge >= 0.3 is 5.00 Å². The summed E-state index contributed by atoms with van der Waals surface area (Å²) in [5.41, 5.74) is 2.63. The van der Waals surface area contributed by atoms with Crippen molar-refractivity contribution in [1.82, 2.24) is 4.98 Å². The van der Waals surface area contributed by atoms with Crippen LogP contribution in [0.25, 0.3) is 23.1 Å². The molecule has 162 valence electrons. The van der Waals surface area contributed by atoms with Crippen molar-refractivity contribution >= 4 is 39.4 Å². The third-order valence-electron chi connectivity index (χ3n) is 5.07. The molecule has 0 bridgehead atoms. The largest absolute Gasteiger partial charge is 0.497 e. The Balaban J connectivity index is 1.85. The van der Waals surface area contributed by atoms with Crippen LogP contribution in [0.2, 0.25) is 0 Å². The lowest BCUT2D eigenvalue weighted by Crippen LogP contribution is -2.14. The fraction of sp³-hybridized carbons (Fsp3) is 0.125. The third kappa shape index (κ3) is 4.26. The number of para-hydroxylation sites is 1. The van der Waals surface area contributed by atoms with Gasteiger partial charge < -0.3 is 14.5 Å². The molecule has 0 saturated carbocycles. The minimum atomic E-state index is -0.418. The van der Waals surface area contributed by atoms with Crippen LogP contribution in [-0.2, 0) is 6.42 Å². The predicted molar refractivity (Wildman–Crippen MR) is 127 cm³/mol. The minimum absolute atomic E-state index is 0.0647. The Hall–Kier alpha value is -3.91. The lowest BCUT2D eigenvalue weighted by molar-refractivity contribution is -0.380. The van der Waals surface area contributed by atoms with Gasteiger partial charge in [-0.3, -0.25) is 14.9 Å². The first kappa shape index (κ1) is 21.3. The van der Waals surface area contributed by atoms with E-state index in [0.29, 0.717) is 45.0 Å². The number of ether oxygens (including phenoxy) is 2. The van der Waals surface area contributed by atoms with Crippen LogP contribution in [-0.4, -0.2) is 24.1 Å². The van der Waals surface area contributed by atoms with E-state index in [4.69, 9.17) is 9.47 Å². The molecule has 0 unspecified atom stereocenters. The first-order valence-corrected chi connectivity index (χ1v) is 10.6. The lowest BCUT2D eigenvalue weighted by atomic mass is 10.00. The Morgan fingerprint density at radius 1 is 1.06 bits per heavy atom. The van der Waals surface area contributed by atoms with E-state index in [1.165, 1.54) is 6.07 Å². The zero-order valence-corrected chi connectivity index (χ0v) is 18.3. The second-order valence-electron chi connectivity index (χ2n) is 7.02. The maximum Gasteiger partial charge on any atom is 0.324 e. The summed E-state index contributed by atoms with van der Waals surface area (Å²) in [4.78, 5) is 28.1. The maximum atomic E-state index is 13.5. The van der Waals surface area contributed by atoms with Crippen molar-refractivity contribution in [2.45, 2.75) is 6.42 Å². The van der Waals surface area contributed by atoms with Gasteiger partial charge in [-0.2, -0.15) is 0 Å². The second kappa shape index (κ2) is 9.07. The van der Waals surface area contributed by atoms with Crippen molar-refractivity contribution in [2.24, 2.45) is 0 Å². The van der Waals surface area contributed by atoms with Gasteiger partial charge in [0.05, 0.1) is 24.7 Å². The van der Waals surface area contributed by atoms with Crippen LogP contribution in [0, 0.1) is 10.1 Å². The molecule has 0 fully saturated rings. The monoisotopic (exact) mass is 448 g/mol. The molecule has 1 N–H and O–H groups in total. The standard InChI is InChI=1S/C24H20N2O5S/c1-30-16-6-3-5-15(13-16)14-19-20(11-9-17-10-12-22(32-17)26(28)29)25-23-18(24(19)27)7-4-8-21(23)31-2/h3-13H,14H2,1-2H3,(H,25,27)/b11-9+. The molecule has 8 heteroatoms. The fourth-order valence-corrected chi connectivity index (χ4v) is 4.24. The maximum absolute atomic E-state index is 13.5. The summed E-state index contributed by atoms with van der Waals surface area (Å²) >= 11 is 1.07. The number of H-pyrrole nitrogens is 1. The smallest absolute Gasteiger partial charge is 0.324 e. The van der Waals surface area contributed by atoms with Crippen LogP contribution in [0.4, 0.5) is 5.00 Å². The number of hydrogen-bond donors (Lipinski definition) is 1. The molecule has 2 aromatic carbocycles. The molecule has 7 nitrogen and oxygen atoms in total. The number of thiophene rings is 1. The van der Waals surface area contributed by atoms with Gasteiger partial charge in [-0.1, -0.05) is 29.5 Å². The molecular formula is C24H20N2O5S. The predicted octanol–water partition coefficient (Wildman–Crippen LogP) is 5.28. The number of methoxy groups -OCH3 is 2. The lowest BCUT2D eigenvalue weighted by Gasteiger charge is -2.12. The average molecular weight is 449 g/mol. The van der Waals surface area contributed by atoms with Gasteiger partial charge in [0.15, 0.2) is 5.43 Å². The molecular weight excluding hydrogens is 428 g/mol. The van der Waals surface area contributed by atoms with Crippen LogP contribution in [0.15, 0.2) is 59.4 Å². The van der Waals surface area contributed by atoms with E-state index in [-0.39, 0.29) is 10.4 Å². The van der Waals surface area contributed by atoms with Crippen LogP contribution in [0.1, 0.15) is 21.7 Å². The molecule has 0 amide bonds. The van der Waals surface area contributed by atoms with Gasteiger partial charge in [0.25, 0.3) is 0 Å². The summed E-state index contributed by atoms with van der Waals surface area (Å²) in [6.07, 6.45) is 3.93. The van der Waals surface area contributed by atoms with Crippen molar-refractivity contribution in [3.8, 4) is 11.5 Å². The zero-order chi connectivity index (χ0) is 22.7. The number of aromatic nitrogens is 1. The molecule has 0 aliphatic heterocycles. The summed E-state index contributed by atoms with van der Waals surface area (Å²) in [5.74, 6) is 1.28. The topological polar surface area (TPSA) is 94.5 Å². The number of nitrogens with one attached hydrogen (secondary N) is 1. The minimum Gasteiger partial charge on any atom is -0.497 e. The number of hydrogen-bond acceptors (Lipinski definition) is 6. The van der Waals surface area contributed by atoms with Gasteiger partial charge in [-0.25, -0.2) is 0 Å². The molecule has 0 aliphatic rings. The van der Waals surface area contributed by atoms with Gasteiger partial charge in [-0.05, 0) is 48.0 Å². The highest BCUT2D eigenvalue weighted by molar-refractivity contribution is 7.16. The highest BCUT2D eigenvalue weighted by Crippen LogP contribution is 2.28. The molecule has 2 aromatic heterocycles. The van der Waals surface area contributed by atoms with Crippen LogP contribution in [0.5, 0.6) is 11.5 Å². The van der Waals surface area contributed by atoms with E-state index in [1.54, 1.807) is 50.6 Å². The highest BCUT2D eigenvalue weighted by Gasteiger charge is 2.15. The normalized spacial score (nSPS) is 11.2. The van der Waals surface area contributed by atoms with Crippen molar-refractivity contribution in [3.05, 3.63) is 96.6 Å². The van der Waals surface area contributed by atoms with Gasteiger partial charge in [0, 0.05) is 34.0 Å². The number of nitrogens with zero attached hydrogens (tertiary/aromatic N) is 1. The number of aromatic amines is 1. The van der Waals surface area contributed by atoms with Crippen molar-refractivity contribution < 1.29 is 14.4 Å². The van der Waals surface area contributed by atoms with Gasteiger partial charge in [0.1, 0.15) is 11.5 Å². The number of fused-ring (bicyclic) bond motifs is 1. The summed E-state index contributed by atoms with van der Waals surface area (Å²) in [7, 11) is 3.15. The first-order valence-electron chi connectivity index (χ1n) is 9.77. The number of rotatable bonds is 7. The quantitative estimate of drug-likeness (QED) is 0.307. The number of benzene rings is 2. The molecule has 0 radical (unpaired) electrons. The van der Waals surface area contributed by atoms with Crippen molar-refractivity contribution in [1.29, 1.82) is 0 Å². The van der Waals surface area contributed by atoms with E-state index < -0.39 is 4.92 Å². The number of nitro groups is 1. The molecule has 0 atom stereocenters.